The number of hydrogen-bond acceptors (Lipinski definition) is 5. The van der Waals surface area contributed by atoms with Gasteiger partial charge in [-0.15, -0.1) is 5.10 Å². The summed E-state index contributed by atoms with van der Waals surface area (Å²) in [5, 5.41) is 16.5. The molecule has 1 fully saturated rings. The van der Waals surface area contributed by atoms with Crippen LogP contribution in [-0.2, 0) is 6.42 Å². The van der Waals surface area contributed by atoms with Crippen LogP contribution in [0.1, 0.15) is 38.9 Å². The van der Waals surface area contributed by atoms with Crippen LogP contribution >= 0.6 is 0 Å². The maximum Gasteiger partial charge on any atom is 0.244 e. The highest BCUT2D eigenvalue weighted by Crippen LogP contribution is 2.20. The Bertz CT molecular complexity index is 378. The molecule has 3 unspecified atom stereocenters. The normalized spacial score (nSPS) is 26.3. The van der Waals surface area contributed by atoms with Gasteiger partial charge in [0.1, 0.15) is 5.82 Å². The molecule has 18 heavy (non-hydrogen) atoms. The van der Waals surface area contributed by atoms with Gasteiger partial charge in [-0.05, 0) is 33.1 Å². The van der Waals surface area contributed by atoms with Crippen molar-refractivity contribution in [1.82, 2.24) is 15.2 Å². The molecule has 0 aliphatic carbocycles. The van der Waals surface area contributed by atoms with Crippen molar-refractivity contribution in [1.29, 1.82) is 0 Å². The zero-order valence-corrected chi connectivity index (χ0v) is 11.1. The van der Waals surface area contributed by atoms with E-state index in [4.69, 9.17) is 5.73 Å². The standard InChI is InChI=1S/C12H23N5O/c1-8(18)5-6-11-14-12(16-15-11)17-7-3-4-10(13)9(17)2/h8-10,18H,3-7,13H2,1-2H3,(H,14,15,16). The van der Waals surface area contributed by atoms with Crippen molar-refractivity contribution in [3.63, 3.8) is 0 Å². The van der Waals surface area contributed by atoms with Crippen LogP contribution in [0, 0.1) is 0 Å². The number of aryl methyl sites for hydroxylation is 1. The number of H-pyrrole nitrogens is 1. The first-order chi connectivity index (χ1) is 8.58. The molecule has 0 aromatic carbocycles. The van der Waals surface area contributed by atoms with Gasteiger partial charge in [-0.25, -0.2) is 0 Å². The Morgan fingerprint density at radius 2 is 2.39 bits per heavy atom. The fourth-order valence-electron chi connectivity index (χ4n) is 2.33. The van der Waals surface area contributed by atoms with Gasteiger partial charge in [0.2, 0.25) is 5.95 Å². The lowest BCUT2D eigenvalue weighted by Crippen LogP contribution is -2.50. The van der Waals surface area contributed by atoms with E-state index in [0.717, 1.165) is 37.6 Å². The predicted molar refractivity (Wildman–Crippen MR) is 70.4 cm³/mol. The number of piperidine rings is 1. The quantitative estimate of drug-likeness (QED) is 0.724. The zero-order chi connectivity index (χ0) is 13.1. The Labute approximate surface area is 108 Å². The van der Waals surface area contributed by atoms with Crippen LogP contribution in [0.3, 0.4) is 0 Å². The van der Waals surface area contributed by atoms with Gasteiger partial charge in [-0.2, -0.15) is 4.98 Å². The molecule has 0 radical (unpaired) electrons. The van der Waals surface area contributed by atoms with Crippen molar-refractivity contribution in [3.8, 4) is 0 Å². The van der Waals surface area contributed by atoms with E-state index in [1.54, 1.807) is 6.92 Å². The first-order valence-electron chi connectivity index (χ1n) is 6.69. The lowest BCUT2D eigenvalue weighted by atomic mass is 9.99. The summed E-state index contributed by atoms with van der Waals surface area (Å²) in [5.41, 5.74) is 6.07. The van der Waals surface area contributed by atoms with Crippen molar-refractivity contribution in [2.45, 2.75) is 57.7 Å². The Morgan fingerprint density at radius 3 is 3.11 bits per heavy atom. The Balaban J connectivity index is 2.00. The van der Waals surface area contributed by atoms with E-state index >= 15 is 0 Å². The smallest absolute Gasteiger partial charge is 0.244 e. The van der Waals surface area contributed by atoms with Gasteiger partial charge in [-0.1, -0.05) is 0 Å². The second-order valence-electron chi connectivity index (χ2n) is 5.21. The van der Waals surface area contributed by atoms with Crippen molar-refractivity contribution in [3.05, 3.63) is 5.82 Å². The van der Waals surface area contributed by atoms with Crippen molar-refractivity contribution in [2.24, 2.45) is 5.73 Å². The molecular weight excluding hydrogens is 230 g/mol. The molecular formula is C12H23N5O. The Hall–Kier alpha value is -1.14. The molecule has 1 aromatic heterocycles. The number of nitrogens with two attached hydrogens (primary N) is 1. The maximum atomic E-state index is 9.26. The summed E-state index contributed by atoms with van der Waals surface area (Å²) >= 11 is 0. The highest BCUT2D eigenvalue weighted by Gasteiger charge is 2.27. The fourth-order valence-corrected chi connectivity index (χ4v) is 2.33. The third kappa shape index (κ3) is 3.00. The first-order valence-corrected chi connectivity index (χ1v) is 6.69. The number of aliphatic hydroxyl groups excluding tert-OH is 1. The van der Waals surface area contributed by atoms with Crippen LogP contribution < -0.4 is 10.6 Å². The lowest BCUT2D eigenvalue weighted by molar-refractivity contribution is 0.184. The average molecular weight is 253 g/mol. The summed E-state index contributed by atoms with van der Waals surface area (Å²) in [4.78, 5) is 6.65. The van der Waals surface area contributed by atoms with Crippen molar-refractivity contribution in [2.75, 3.05) is 11.4 Å². The summed E-state index contributed by atoms with van der Waals surface area (Å²) in [7, 11) is 0. The summed E-state index contributed by atoms with van der Waals surface area (Å²) in [5.74, 6) is 1.57. The Morgan fingerprint density at radius 1 is 1.61 bits per heavy atom. The number of anilines is 1. The molecule has 0 spiro atoms. The first kappa shape index (κ1) is 13.3. The predicted octanol–water partition coefficient (Wildman–Crippen LogP) is 0.434. The monoisotopic (exact) mass is 253 g/mol. The SMILES string of the molecule is CC(O)CCc1nc(N2CCCC(N)C2C)n[nH]1. The molecule has 2 rings (SSSR count). The summed E-state index contributed by atoms with van der Waals surface area (Å²) < 4.78 is 0. The van der Waals surface area contributed by atoms with Crippen LogP contribution in [0.2, 0.25) is 0 Å². The topological polar surface area (TPSA) is 91.1 Å². The van der Waals surface area contributed by atoms with E-state index in [1.807, 2.05) is 0 Å². The van der Waals surface area contributed by atoms with E-state index in [0.29, 0.717) is 6.42 Å². The molecule has 2 heterocycles. The molecule has 1 aromatic rings. The van der Waals surface area contributed by atoms with Gasteiger partial charge in [0, 0.05) is 25.0 Å². The minimum atomic E-state index is -0.305. The minimum Gasteiger partial charge on any atom is -0.393 e. The average Bonchev–Trinajstić information content (AvgIpc) is 2.78. The second kappa shape index (κ2) is 5.67. The number of aromatic nitrogens is 3. The highest BCUT2D eigenvalue weighted by atomic mass is 16.3. The molecule has 1 aliphatic heterocycles. The highest BCUT2D eigenvalue weighted by molar-refractivity contribution is 5.32. The molecule has 1 aliphatic rings. The van der Waals surface area contributed by atoms with Crippen LogP contribution in [-0.4, -0.2) is 45.0 Å². The molecule has 4 N–H and O–H groups in total. The number of hydrogen-bond donors (Lipinski definition) is 3. The Kier molecular flexibility index (Phi) is 4.19. The van der Waals surface area contributed by atoms with Gasteiger partial charge in [0.15, 0.2) is 0 Å². The van der Waals surface area contributed by atoms with Gasteiger partial charge in [0.05, 0.1) is 6.10 Å². The molecule has 3 atom stereocenters. The number of rotatable bonds is 4. The number of aliphatic hydroxyl groups is 1. The van der Waals surface area contributed by atoms with E-state index in [-0.39, 0.29) is 18.2 Å². The van der Waals surface area contributed by atoms with Gasteiger partial charge >= 0.3 is 0 Å². The molecule has 102 valence electrons. The summed E-state index contributed by atoms with van der Waals surface area (Å²) in [6.45, 7) is 4.86. The van der Waals surface area contributed by atoms with Crippen LogP contribution in [0.15, 0.2) is 0 Å². The molecule has 1 saturated heterocycles. The van der Waals surface area contributed by atoms with Gasteiger partial charge in [-0.3, -0.25) is 5.10 Å². The molecule has 6 nitrogen and oxygen atoms in total. The van der Waals surface area contributed by atoms with Crippen molar-refractivity contribution >= 4 is 5.95 Å². The molecule has 0 saturated carbocycles. The molecule has 0 bridgehead atoms. The van der Waals surface area contributed by atoms with Crippen LogP contribution in [0.5, 0.6) is 0 Å². The van der Waals surface area contributed by atoms with E-state index in [1.165, 1.54) is 0 Å². The van der Waals surface area contributed by atoms with Gasteiger partial charge < -0.3 is 15.7 Å². The summed E-state index contributed by atoms with van der Waals surface area (Å²) in [6.07, 6.45) is 3.27. The number of aromatic amines is 1. The minimum absolute atomic E-state index is 0.193. The summed E-state index contributed by atoms with van der Waals surface area (Å²) in [6, 6.07) is 0.470. The molecule has 6 heteroatoms. The largest absolute Gasteiger partial charge is 0.393 e. The van der Waals surface area contributed by atoms with Crippen molar-refractivity contribution < 1.29 is 5.11 Å². The lowest BCUT2D eigenvalue weighted by Gasteiger charge is -2.36. The fraction of sp³-hybridized carbons (Fsp3) is 0.833. The van der Waals surface area contributed by atoms with E-state index in [2.05, 4.69) is 27.0 Å². The van der Waals surface area contributed by atoms with E-state index in [9.17, 15) is 5.11 Å². The zero-order valence-electron chi connectivity index (χ0n) is 11.1. The van der Waals surface area contributed by atoms with Crippen LogP contribution in [0.4, 0.5) is 5.95 Å². The maximum absolute atomic E-state index is 9.26. The number of nitrogens with one attached hydrogen (secondary N) is 1. The third-order valence-electron chi connectivity index (χ3n) is 3.62. The van der Waals surface area contributed by atoms with Gasteiger partial charge in [0.25, 0.3) is 0 Å². The molecule has 0 amide bonds. The van der Waals surface area contributed by atoms with E-state index < -0.39 is 0 Å². The number of nitrogens with zero attached hydrogens (tertiary/aromatic N) is 3. The second-order valence-corrected chi connectivity index (χ2v) is 5.21. The van der Waals surface area contributed by atoms with Crippen LogP contribution in [0.25, 0.3) is 0 Å². The third-order valence-corrected chi connectivity index (χ3v) is 3.62.